The summed E-state index contributed by atoms with van der Waals surface area (Å²) >= 11 is 0. The maximum absolute atomic E-state index is 10.9. The summed E-state index contributed by atoms with van der Waals surface area (Å²) in [5.74, 6) is -0.491. The van der Waals surface area contributed by atoms with E-state index in [2.05, 4.69) is 24.0 Å². The second-order valence-corrected chi connectivity index (χ2v) is 6.80. The molecule has 6 heteroatoms. The van der Waals surface area contributed by atoms with Crippen LogP contribution in [0.3, 0.4) is 0 Å². The topological polar surface area (TPSA) is 71.9 Å². The molecule has 0 aliphatic carbocycles. The van der Waals surface area contributed by atoms with Gasteiger partial charge in [0.25, 0.3) is 0 Å². The first kappa shape index (κ1) is 18.3. The van der Waals surface area contributed by atoms with E-state index in [0.717, 1.165) is 54.0 Å². The van der Waals surface area contributed by atoms with Crippen LogP contribution >= 0.6 is 0 Å². The molecule has 1 aromatic heterocycles. The van der Waals surface area contributed by atoms with Crippen LogP contribution in [0.2, 0.25) is 0 Å². The average molecular weight is 378 g/mol. The van der Waals surface area contributed by atoms with Crippen LogP contribution in [0, 0.1) is 6.92 Å². The van der Waals surface area contributed by atoms with E-state index in [0.29, 0.717) is 5.75 Å². The smallest absolute Gasteiger partial charge is 0.341 e. The van der Waals surface area contributed by atoms with Gasteiger partial charge in [0.05, 0.1) is 24.4 Å². The summed E-state index contributed by atoms with van der Waals surface area (Å²) in [6, 6.07) is 15.7. The lowest BCUT2D eigenvalue weighted by molar-refractivity contribution is -0.139. The summed E-state index contributed by atoms with van der Waals surface area (Å²) in [4.78, 5) is 18.0. The molecule has 28 heavy (non-hydrogen) atoms. The molecule has 1 saturated heterocycles. The van der Waals surface area contributed by atoms with Crippen LogP contribution in [-0.2, 0) is 9.53 Å². The minimum absolute atomic E-state index is 0.382. The molecule has 1 aliphatic rings. The molecule has 2 heterocycles. The quantitative estimate of drug-likeness (QED) is 0.733. The van der Waals surface area contributed by atoms with E-state index in [1.165, 1.54) is 5.69 Å². The molecule has 144 valence electrons. The molecule has 1 aliphatic heterocycles. The van der Waals surface area contributed by atoms with Gasteiger partial charge in [-0.05, 0) is 48.9 Å². The van der Waals surface area contributed by atoms with Gasteiger partial charge in [-0.25, -0.2) is 9.78 Å². The number of aryl methyl sites for hydroxylation is 1. The van der Waals surface area contributed by atoms with Crippen LogP contribution in [-0.4, -0.2) is 49.0 Å². The van der Waals surface area contributed by atoms with Gasteiger partial charge < -0.3 is 19.5 Å². The molecule has 3 aromatic rings. The molecular weight excluding hydrogens is 356 g/mol. The predicted octanol–water partition coefficient (Wildman–Crippen LogP) is 3.51. The third kappa shape index (κ3) is 3.77. The first-order chi connectivity index (χ1) is 13.6. The maximum atomic E-state index is 10.9. The van der Waals surface area contributed by atoms with E-state index in [1.807, 2.05) is 30.3 Å². The number of nitrogens with zero attached hydrogens (tertiary/aromatic N) is 2. The van der Waals surface area contributed by atoms with Crippen molar-refractivity contribution in [3.8, 4) is 17.0 Å². The lowest BCUT2D eigenvalue weighted by atomic mass is 10.0. The number of hydrogen-bond acceptors (Lipinski definition) is 5. The van der Waals surface area contributed by atoms with Crippen molar-refractivity contribution in [3.05, 3.63) is 54.1 Å². The number of aromatic nitrogens is 1. The van der Waals surface area contributed by atoms with Crippen LogP contribution in [0.5, 0.6) is 5.75 Å². The minimum Gasteiger partial charge on any atom is -0.481 e. The highest BCUT2D eigenvalue weighted by atomic mass is 16.5. The zero-order valence-corrected chi connectivity index (χ0v) is 15.7. The van der Waals surface area contributed by atoms with E-state index in [1.54, 1.807) is 6.07 Å². The van der Waals surface area contributed by atoms with Gasteiger partial charge >= 0.3 is 5.97 Å². The summed E-state index contributed by atoms with van der Waals surface area (Å²) in [5.41, 5.74) is 4.75. The Morgan fingerprint density at radius 2 is 1.96 bits per heavy atom. The van der Waals surface area contributed by atoms with Gasteiger partial charge in [0.15, 0.2) is 6.61 Å². The van der Waals surface area contributed by atoms with Crippen LogP contribution < -0.4 is 9.64 Å². The third-order valence-corrected chi connectivity index (χ3v) is 4.89. The van der Waals surface area contributed by atoms with Crippen LogP contribution in [0.1, 0.15) is 5.56 Å². The molecule has 6 nitrogen and oxygen atoms in total. The van der Waals surface area contributed by atoms with Gasteiger partial charge in [0.2, 0.25) is 0 Å². The Hall–Kier alpha value is -3.12. The largest absolute Gasteiger partial charge is 0.481 e. The van der Waals surface area contributed by atoms with E-state index >= 15 is 0 Å². The fourth-order valence-electron chi connectivity index (χ4n) is 3.48. The SMILES string of the molecule is Cc1cc(-c2ccccc2OCC(=O)O)nc2ccc(N3CCOCC3)cc12. The number of aliphatic carboxylic acids is 1. The van der Waals surface area contributed by atoms with Crippen molar-refractivity contribution >= 4 is 22.6 Å². The summed E-state index contributed by atoms with van der Waals surface area (Å²) in [6.45, 7) is 4.97. The molecule has 0 bridgehead atoms. The highest BCUT2D eigenvalue weighted by Crippen LogP contribution is 2.32. The first-order valence-electron chi connectivity index (χ1n) is 9.30. The highest BCUT2D eigenvalue weighted by molar-refractivity contribution is 5.88. The van der Waals surface area contributed by atoms with E-state index in [9.17, 15) is 4.79 Å². The number of fused-ring (bicyclic) bond motifs is 1. The average Bonchev–Trinajstić information content (AvgIpc) is 2.73. The fourth-order valence-corrected chi connectivity index (χ4v) is 3.48. The Morgan fingerprint density at radius 1 is 1.18 bits per heavy atom. The fraction of sp³-hybridized carbons (Fsp3) is 0.273. The van der Waals surface area contributed by atoms with Gasteiger partial charge in [-0.1, -0.05) is 12.1 Å². The Labute approximate surface area is 163 Å². The number of morpholine rings is 1. The van der Waals surface area contributed by atoms with E-state index in [-0.39, 0.29) is 6.61 Å². The standard InChI is InChI=1S/C22H22N2O4/c1-15-12-20(17-4-2-3-5-21(17)28-14-22(25)26)23-19-7-6-16(13-18(15)19)24-8-10-27-11-9-24/h2-7,12-13H,8-11,14H2,1H3,(H,25,26). The van der Waals surface area contributed by atoms with Gasteiger partial charge in [-0.3, -0.25) is 0 Å². The van der Waals surface area contributed by atoms with E-state index in [4.69, 9.17) is 19.6 Å². The molecule has 1 fully saturated rings. The van der Waals surface area contributed by atoms with Crippen molar-refractivity contribution in [2.24, 2.45) is 0 Å². The summed E-state index contributed by atoms with van der Waals surface area (Å²) in [5, 5.41) is 10.0. The Balaban J connectivity index is 1.71. The van der Waals surface area contributed by atoms with Gasteiger partial charge in [0, 0.05) is 29.7 Å². The van der Waals surface area contributed by atoms with Crippen molar-refractivity contribution in [2.75, 3.05) is 37.8 Å². The first-order valence-corrected chi connectivity index (χ1v) is 9.30. The number of benzene rings is 2. The number of carboxylic acids is 1. The number of rotatable bonds is 5. The van der Waals surface area contributed by atoms with Crippen LogP contribution in [0.15, 0.2) is 48.5 Å². The normalized spacial score (nSPS) is 14.2. The zero-order valence-electron chi connectivity index (χ0n) is 15.7. The van der Waals surface area contributed by atoms with Crippen molar-refractivity contribution < 1.29 is 19.4 Å². The molecule has 0 saturated carbocycles. The monoisotopic (exact) mass is 378 g/mol. The number of anilines is 1. The molecule has 0 amide bonds. The van der Waals surface area contributed by atoms with Gasteiger partial charge in [0.1, 0.15) is 5.75 Å². The Bertz CT molecular complexity index is 1010. The van der Waals surface area contributed by atoms with Crippen molar-refractivity contribution in [1.29, 1.82) is 0 Å². The number of ether oxygens (including phenoxy) is 2. The number of carboxylic acid groups (broad SMARTS) is 1. The Kier molecular flexibility index (Phi) is 5.12. The number of carbonyl (C=O) groups is 1. The molecular formula is C22H22N2O4. The van der Waals surface area contributed by atoms with Crippen molar-refractivity contribution in [3.63, 3.8) is 0 Å². The molecule has 4 rings (SSSR count). The van der Waals surface area contributed by atoms with Crippen LogP contribution in [0.4, 0.5) is 5.69 Å². The Morgan fingerprint density at radius 3 is 2.75 bits per heavy atom. The number of para-hydroxylation sites is 1. The maximum Gasteiger partial charge on any atom is 0.341 e. The molecule has 0 spiro atoms. The minimum atomic E-state index is -1.01. The molecule has 0 atom stereocenters. The van der Waals surface area contributed by atoms with Gasteiger partial charge in [-0.2, -0.15) is 0 Å². The lowest BCUT2D eigenvalue weighted by Crippen LogP contribution is -2.36. The van der Waals surface area contributed by atoms with Crippen LogP contribution in [0.25, 0.3) is 22.2 Å². The summed E-state index contributed by atoms with van der Waals surface area (Å²) < 4.78 is 10.9. The lowest BCUT2D eigenvalue weighted by Gasteiger charge is -2.29. The second-order valence-electron chi connectivity index (χ2n) is 6.80. The molecule has 0 unspecified atom stereocenters. The van der Waals surface area contributed by atoms with E-state index < -0.39 is 5.97 Å². The van der Waals surface area contributed by atoms with Gasteiger partial charge in [-0.15, -0.1) is 0 Å². The summed E-state index contributed by atoms with van der Waals surface area (Å²) in [6.07, 6.45) is 0. The summed E-state index contributed by atoms with van der Waals surface area (Å²) in [7, 11) is 0. The third-order valence-electron chi connectivity index (χ3n) is 4.89. The highest BCUT2D eigenvalue weighted by Gasteiger charge is 2.14. The molecule has 1 N–H and O–H groups in total. The number of hydrogen-bond donors (Lipinski definition) is 1. The van der Waals surface area contributed by atoms with Crippen molar-refractivity contribution in [1.82, 2.24) is 4.98 Å². The number of pyridine rings is 1. The molecule has 2 aromatic carbocycles. The van der Waals surface area contributed by atoms with Crippen molar-refractivity contribution in [2.45, 2.75) is 6.92 Å². The second kappa shape index (κ2) is 7.86. The predicted molar refractivity (Wildman–Crippen MR) is 108 cm³/mol. The zero-order chi connectivity index (χ0) is 19.5. The molecule has 0 radical (unpaired) electrons.